The summed E-state index contributed by atoms with van der Waals surface area (Å²) < 4.78 is 5.84. The largest absolute Gasteiger partial charge is 0.368 e. The average molecular weight is 287 g/mol. The molecule has 122 valence electrons. The molecule has 0 spiro atoms. The van der Waals surface area contributed by atoms with Crippen LogP contribution in [0, 0.1) is 17.3 Å². The van der Waals surface area contributed by atoms with Crippen LogP contribution in [-0.2, 0) is 4.74 Å². The molecule has 0 aliphatic heterocycles. The van der Waals surface area contributed by atoms with Crippen LogP contribution in [0.3, 0.4) is 0 Å². The predicted molar refractivity (Wildman–Crippen MR) is 87.7 cm³/mol. The van der Waals surface area contributed by atoms with Crippen LogP contribution in [-0.4, -0.2) is 18.0 Å². The van der Waals surface area contributed by atoms with E-state index in [1.807, 2.05) is 0 Å². The SMILES string of the molecule is CCCCC(C)(CC)COC(O)C(C)C(CC)CCC. The van der Waals surface area contributed by atoms with E-state index in [4.69, 9.17) is 4.74 Å². The molecule has 0 aliphatic carbocycles. The van der Waals surface area contributed by atoms with Crippen molar-refractivity contribution < 1.29 is 9.84 Å². The Morgan fingerprint density at radius 2 is 1.75 bits per heavy atom. The van der Waals surface area contributed by atoms with E-state index in [2.05, 4.69) is 41.5 Å². The van der Waals surface area contributed by atoms with Crippen molar-refractivity contribution in [2.45, 2.75) is 92.8 Å². The molecule has 0 saturated carbocycles. The normalized spacial score (nSPS) is 19.4. The highest BCUT2D eigenvalue weighted by molar-refractivity contribution is 4.74. The van der Waals surface area contributed by atoms with Crippen molar-refractivity contribution in [1.29, 1.82) is 0 Å². The minimum Gasteiger partial charge on any atom is -0.368 e. The van der Waals surface area contributed by atoms with Gasteiger partial charge in [0.2, 0.25) is 0 Å². The summed E-state index contributed by atoms with van der Waals surface area (Å²) in [7, 11) is 0. The number of aliphatic hydroxyl groups is 1. The van der Waals surface area contributed by atoms with Crippen LogP contribution in [0.1, 0.15) is 86.5 Å². The van der Waals surface area contributed by atoms with Crippen LogP contribution in [0.4, 0.5) is 0 Å². The van der Waals surface area contributed by atoms with Gasteiger partial charge in [-0.2, -0.15) is 0 Å². The quantitative estimate of drug-likeness (QED) is 0.487. The third-order valence-corrected chi connectivity index (χ3v) is 4.97. The van der Waals surface area contributed by atoms with Crippen molar-refractivity contribution in [3.05, 3.63) is 0 Å². The number of unbranched alkanes of at least 4 members (excludes halogenated alkanes) is 1. The first-order chi connectivity index (χ1) is 9.44. The summed E-state index contributed by atoms with van der Waals surface area (Å²) in [5.74, 6) is 0.797. The number of rotatable bonds is 12. The summed E-state index contributed by atoms with van der Waals surface area (Å²) in [6.07, 6.45) is 7.64. The second-order valence-electron chi connectivity index (χ2n) is 6.79. The Bertz CT molecular complexity index is 229. The Morgan fingerprint density at radius 3 is 2.20 bits per heavy atom. The fourth-order valence-electron chi connectivity index (χ4n) is 2.84. The predicted octanol–water partition coefficient (Wildman–Crippen LogP) is 5.39. The highest BCUT2D eigenvalue weighted by atomic mass is 16.6. The van der Waals surface area contributed by atoms with E-state index in [1.54, 1.807) is 0 Å². The molecule has 4 atom stereocenters. The first kappa shape index (κ1) is 19.9. The Kier molecular flexibility index (Phi) is 10.6. The van der Waals surface area contributed by atoms with Crippen LogP contribution in [0.5, 0.6) is 0 Å². The van der Waals surface area contributed by atoms with Gasteiger partial charge in [0.1, 0.15) is 0 Å². The number of hydrogen-bond acceptors (Lipinski definition) is 2. The Labute approximate surface area is 127 Å². The molecule has 2 nitrogen and oxygen atoms in total. The molecular formula is C18H38O2. The van der Waals surface area contributed by atoms with E-state index in [9.17, 15) is 5.11 Å². The molecule has 0 fully saturated rings. The zero-order valence-corrected chi connectivity index (χ0v) is 14.7. The Hall–Kier alpha value is -0.0800. The lowest BCUT2D eigenvalue weighted by atomic mass is 9.83. The molecule has 4 unspecified atom stereocenters. The average Bonchev–Trinajstić information content (AvgIpc) is 2.47. The van der Waals surface area contributed by atoms with Gasteiger partial charge in [-0.25, -0.2) is 0 Å². The maximum atomic E-state index is 10.3. The standard InChI is InChI=1S/C18H38O2/c1-7-11-13-18(6,10-4)14-20-17(19)15(5)16(9-3)12-8-2/h15-17,19H,7-14H2,1-6H3. The topological polar surface area (TPSA) is 29.5 Å². The van der Waals surface area contributed by atoms with Crippen molar-refractivity contribution in [2.24, 2.45) is 17.3 Å². The first-order valence-corrected chi connectivity index (χ1v) is 8.73. The van der Waals surface area contributed by atoms with E-state index in [1.165, 1.54) is 32.1 Å². The lowest BCUT2D eigenvalue weighted by Gasteiger charge is -2.32. The zero-order chi connectivity index (χ0) is 15.6. The third kappa shape index (κ3) is 7.08. The first-order valence-electron chi connectivity index (χ1n) is 8.73. The summed E-state index contributed by atoms with van der Waals surface area (Å²) in [6, 6.07) is 0. The van der Waals surface area contributed by atoms with E-state index in [0.717, 1.165) is 12.8 Å². The van der Waals surface area contributed by atoms with E-state index < -0.39 is 6.29 Å². The van der Waals surface area contributed by atoms with Gasteiger partial charge in [0.15, 0.2) is 6.29 Å². The fraction of sp³-hybridized carbons (Fsp3) is 1.00. The highest BCUT2D eigenvalue weighted by Crippen LogP contribution is 2.31. The third-order valence-electron chi connectivity index (χ3n) is 4.97. The van der Waals surface area contributed by atoms with Crippen LogP contribution in [0.25, 0.3) is 0 Å². The lowest BCUT2D eigenvalue weighted by Crippen LogP contribution is -2.32. The van der Waals surface area contributed by atoms with Crippen LogP contribution in [0.2, 0.25) is 0 Å². The molecule has 0 rings (SSSR count). The second-order valence-corrected chi connectivity index (χ2v) is 6.79. The monoisotopic (exact) mass is 286 g/mol. The fourth-order valence-corrected chi connectivity index (χ4v) is 2.84. The van der Waals surface area contributed by atoms with Crippen molar-refractivity contribution in [2.75, 3.05) is 6.61 Å². The van der Waals surface area contributed by atoms with Gasteiger partial charge in [-0.05, 0) is 24.2 Å². The van der Waals surface area contributed by atoms with Crippen molar-refractivity contribution in [1.82, 2.24) is 0 Å². The minimum atomic E-state index is -0.612. The molecular weight excluding hydrogens is 248 g/mol. The van der Waals surface area contributed by atoms with E-state index in [0.29, 0.717) is 12.5 Å². The van der Waals surface area contributed by atoms with Crippen LogP contribution < -0.4 is 0 Å². The molecule has 0 saturated heterocycles. The summed E-state index contributed by atoms with van der Waals surface area (Å²) in [5.41, 5.74) is 0.211. The molecule has 0 heterocycles. The van der Waals surface area contributed by atoms with Gasteiger partial charge in [-0.3, -0.25) is 0 Å². The van der Waals surface area contributed by atoms with Gasteiger partial charge in [0.25, 0.3) is 0 Å². The number of hydrogen-bond donors (Lipinski definition) is 1. The lowest BCUT2D eigenvalue weighted by molar-refractivity contribution is -0.162. The molecule has 1 N–H and O–H groups in total. The van der Waals surface area contributed by atoms with Crippen molar-refractivity contribution >= 4 is 0 Å². The maximum Gasteiger partial charge on any atom is 0.157 e. The smallest absolute Gasteiger partial charge is 0.157 e. The maximum absolute atomic E-state index is 10.3. The zero-order valence-electron chi connectivity index (χ0n) is 14.7. The summed E-state index contributed by atoms with van der Waals surface area (Å²) in [4.78, 5) is 0. The molecule has 0 aliphatic rings. The summed E-state index contributed by atoms with van der Waals surface area (Å²) in [5, 5.41) is 10.3. The molecule has 0 aromatic carbocycles. The van der Waals surface area contributed by atoms with Gasteiger partial charge >= 0.3 is 0 Å². The number of aliphatic hydroxyl groups excluding tert-OH is 1. The minimum absolute atomic E-state index is 0.211. The van der Waals surface area contributed by atoms with E-state index >= 15 is 0 Å². The van der Waals surface area contributed by atoms with E-state index in [-0.39, 0.29) is 11.3 Å². The van der Waals surface area contributed by atoms with Crippen LogP contribution >= 0.6 is 0 Å². The molecule has 2 heteroatoms. The Morgan fingerprint density at radius 1 is 1.10 bits per heavy atom. The second kappa shape index (κ2) is 10.6. The molecule has 0 bridgehead atoms. The summed E-state index contributed by atoms with van der Waals surface area (Å²) >= 11 is 0. The van der Waals surface area contributed by atoms with Gasteiger partial charge in [0.05, 0.1) is 6.61 Å². The molecule has 0 radical (unpaired) electrons. The highest BCUT2D eigenvalue weighted by Gasteiger charge is 2.27. The van der Waals surface area contributed by atoms with Gasteiger partial charge in [-0.1, -0.05) is 73.6 Å². The van der Waals surface area contributed by atoms with Crippen molar-refractivity contribution in [3.63, 3.8) is 0 Å². The molecule has 20 heavy (non-hydrogen) atoms. The molecule has 0 aromatic rings. The molecule has 0 aromatic heterocycles. The number of ether oxygens (including phenoxy) is 1. The summed E-state index contributed by atoms with van der Waals surface area (Å²) in [6.45, 7) is 14.0. The van der Waals surface area contributed by atoms with Gasteiger partial charge < -0.3 is 9.84 Å². The van der Waals surface area contributed by atoms with Gasteiger partial charge in [0, 0.05) is 5.92 Å². The Balaban J connectivity index is 4.32. The van der Waals surface area contributed by atoms with Gasteiger partial charge in [-0.15, -0.1) is 0 Å². The van der Waals surface area contributed by atoms with Crippen LogP contribution in [0.15, 0.2) is 0 Å². The molecule has 0 amide bonds. The van der Waals surface area contributed by atoms with Crippen molar-refractivity contribution in [3.8, 4) is 0 Å².